The molecule has 18 heavy (non-hydrogen) atoms. The third-order valence-corrected chi connectivity index (χ3v) is 3.85. The van der Waals surface area contributed by atoms with Crippen LogP contribution in [0.2, 0.25) is 0 Å². The van der Waals surface area contributed by atoms with Crippen molar-refractivity contribution in [2.45, 2.75) is 19.6 Å². The average Bonchev–Trinajstić information content (AvgIpc) is 2.76. The fourth-order valence-electron chi connectivity index (χ4n) is 1.86. The van der Waals surface area contributed by atoms with Crippen molar-refractivity contribution in [1.82, 2.24) is 9.88 Å². The molecule has 1 N–H and O–H groups in total. The maximum Gasteiger partial charge on any atom is 0.0916 e. The van der Waals surface area contributed by atoms with Gasteiger partial charge in [-0.25, -0.2) is 4.98 Å². The smallest absolute Gasteiger partial charge is 0.0916 e. The Morgan fingerprint density at radius 2 is 2.06 bits per heavy atom. The molecule has 3 nitrogen and oxygen atoms in total. The first kappa shape index (κ1) is 13.2. The first-order valence-electron chi connectivity index (χ1n) is 5.97. The summed E-state index contributed by atoms with van der Waals surface area (Å²) in [6.07, 6.45) is -0.440. The summed E-state index contributed by atoms with van der Waals surface area (Å²) in [6, 6.07) is 9.77. The number of thiazole rings is 1. The molecule has 2 rings (SSSR count). The summed E-state index contributed by atoms with van der Waals surface area (Å²) in [7, 11) is 2.02. The monoisotopic (exact) mass is 262 g/mol. The number of hydrogen-bond acceptors (Lipinski definition) is 4. The lowest BCUT2D eigenvalue weighted by Gasteiger charge is -2.20. The van der Waals surface area contributed by atoms with Gasteiger partial charge in [0, 0.05) is 18.0 Å². The van der Waals surface area contributed by atoms with Gasteiger partial charge in [0.1, 0.15) is 0 Å². The molecule has 0 aliphatic carbocycles. The lowest BCUT2D eigenvalue weighted by Crippen LogP contribution is -2.24. The molecule has 0 aliphatic heterocycles. The summed E-state index contributed by atoms with van der Waals surface area (Å²) in [5, 5.41) is 10.1. The van der Waals surface area contributed by atoms with Gasteiger partial charge in [0.05, 0.1) is 17.3 Å². The maximum atomic E-state index is 10.1. The molecule has 0 radical (unpaired) electrons. The summed E-state index contributed by atoms with van der Waals surface area (Å²) in [4.78, 5) is 7.62. The van der Waals surface area contributed by atoms with E-state index in [-0.39, 0.29) is 0 Å². The number of nitrogens with zero attached hydrogens (tertiary/aromatic N) is 2. The zero-order valence-corrected chi connectivity index (χ0v) is 11.5. The van der Waals surface area contributed by atoms with Crippen molar-refractivity contribution >= 4 is 11.3 Å². The number of aliphatic hydroxyl groups excluding tert-OH is 1. The first-order chi connectivity index (χ1) is 8.66. The minimum atomic E-state index is -0.440. The van der Waals surface area contributed by atoms with Crippen molar-refractivity contribution in [3.05, 3.63) is 52.0 Å². The van der Waals surface area contributed by atoms with E-state index in [9.17, 15) is 5.11 Å². The first-order valence-corrected chi connectivity index (χ1v) is 6.85. The third kappa shape index (κ3) is 3.38. The molecule has 0 amide bonds. The predicted molar refractivity (Wildman–Crippen MR) is 74.6 cm³/mol. The van der Waals surface area contributed by atoms with Gasteiger partial charge < -0.3 is 5.11 Å². The molecular weight excluding hydrogens is 244 g/mol. The SMILES string of the molecule is Cc1ncsc1CN(C)CC(O)c1ccccc1. The molecule has 0 spiro atoms. The van der Waals surface area contributed by atoms with E-state index in [1.54, 1.807) is 11.3 Å². The number of benzene rings is 1. The lowest BCUT2D eigenvalue weighted by atomic mass is 10.1. The van der Waals surface area contributed by atoms with Crippen LogP contribution < -0.4 is 0 Å². The van der Waals surface area contributed by atoms with E-state index in [1.165, 1.54) is 4.88 Å². The number of rotatable bonds is 5. The van der Waals surface area contributed by atoms with Gasteiger partial charge in [-0.1, -0.05) is 30.3 Å². The number of likely N-dealkylation sites (N-methyl/N-ethyl adjacent to an activating group) is 1. The molecule has 1 aromatic carbocycles. The topological polar surface area (TPSA) is 36.4 Å². The van der Waals surface area contributed by atoms with E-state index < -0.39 is 6.10 Å². The van der Waals surface area contributed by atoms with Gasteiger partial charge in [0.15, 0.2) is 0 Å². The maximum absolute atomic E-state index is 10.1. The molecule has 1 aromatic heterocycles. The molecular formula is C14H18N2OS. The predicted octanol–water partition coefficient (Wildman–Crippen LogP) is 2.62. The van der Waals surface area contributed by atoms with Crippen LogP contribution in [0.4, 0.5) is 0 Å². The van der Waals surface area contributed by atoms with Gasteiger partial charge in [-0.2, -0.15) is 0 Å². The quantitative estimate of drug-likeness (QED) is 0.900. The Balaban J connectivity index is 1.92. The Morgan fingerprint density at radius 1 is 1.33 bits per heavy atom. The van der Waals surface area contributed by atoms with Crippen LogP contribution in [0.25, 0.3) is 0 Å². The molecule has 1 unspecified atom stereocenters. The van der Waals surface area contributed by atoms with Crippen molar-refractivity contribution < 1.29 is 5.11 Å². The van der Waals surface area contributed by atoms with E-state index >= 15 is 0 Å². The van der Waals surface area contributed by atoms with Gasteiger partial charge in [-0.15, -0.1) is 11.3 Å². The molecule has 0 aliphatic rings. The molecule has 4 heteroatoms. The van der Waals surface area contributed by atoms with Crippen molar-refractivity contribution in [3.8, 4) is 0 Å². The number of aromatic nitrogens is 1. The highest BCUT2D eigenvalue weighted by atomic mass is 32.1. The second-order valence-electron chi connectivity index (χ2n) is 4.48. The minimum Gasteiger partial charge on any atom is -0.387 e. The van der Waals surface area contributed by atoms with Crippen molar-refractivity contribution in [2.24, 2.45) is 0 Å². The van der Waals surface area contributed by atoms with Crippen LogP contribution in [0.1, 0.15) is 22.2 Å². The summed E-state index contributed by atoms with van der Waals surface area (Å²) in [6.45, 7) is 3.48. The Kier molecular flexibility index (Phi) is 4.47. The van der Waals surface area contributed by atoms with Crippen LogP contribution in [-0.4, -0.2) is 28.6 Å². The summed E-state index contributed by atoms with van der Waals surface area (Å²) in [5.41, 5.74) is 3.91. The highest BCUT2D eigenvalue weighted by molar-refractivity contribution is 7.09. The van der Waals surface area contributed by atoms with Crippen LogP contribution in [0.3, 0.4) is 0 Å². The lowest BCUT2D eigenvalue weighted by molar-refractivity contribution is 0.124. The standard InChI is InChI=1S/C14H18N2OS/c1-11-14(18-10-15-11)9-16(2)8-13(17)12-6-4-3-5-7-12/h3-7,10,13,17H,8-9H2,1-2H3. The fraction of sp³-hybridized carbons (Fsp3) is 0.357. The molecule has 1 atom stereocenters. The van der Waals surface area contributed by atoms with Gasteiger partial charge in [-0.05, 0) is 19.5 Å². The summed E-state index contributed by atoms with van der Waals surface area (Å²) in [5.74, 6) is 0. The van der Waals surface area contributed by atoms with Crippen LogP contribution in [0.15, 0.2) is 35.8 Å². The average molecular weight is 262 g/mol. The van der Waals surface area contributed by atoms with Crippen molar-refractivity contribution in [3.63, 3.8) is 0 Å². The van der Waals surface area contributed by atoms with Gasteiger partial charge in [0.25, 0.3) is 0 Å². The summed E-state index contributed by atoms with van der Waals surface area (Å²) >= 11 is 1.67. The molecule has 0 bridgehead atoms. The zero-order chi connectivity index (χ0) is 13.0. The van der Waals surface area contributed by atoms with Gasteiger partial charge in [-0.3, -0.25) is 4.90 Å². The second kappa shape index (κ2) is 6.09. The van der Waals surface area contributed by atoms with Crippen LogP contribution in [-0.2, 0) is 6.54 Å². The minimum absolute atomic E-state index is 0.440. The molecule has 0 saturated carbocycles. The van der Waals surface area contributed by atoms with Crippen LogP contribution >= 0.6 is 11.3 Å². The largest absolute Gasteiger partial charge is 0.387 e. The van der Waals surface area contributed by atoms with E-state index in [0.29, 0.717) is 6.54 Å². The fourth-order valence-corrected chi connectivity index (χ4v) is 2.72. The molecule has 0 saturated heterocycles. The van der Waals surface area contributed by atoms with E-state index in [2.05, 4.69) is 9.88 Å². The van der Waals surface area contributed by atoms with E-state index in [0.717, 1.165) is 17.8 Å². The second-order valence-corrected chi connectivity index (χ2v) is 5.42. The van der Waals surface area contributed by atoms with Crippen LogP contribution in [0.5, 0.6) is 0 Å². The van der Waals surface area contributed by atoms with Crippen molar-refractivity contribution in [1.29, 1.82) is 0 Å². The Bertz CT molecular complexity index is 484. The Labute approximate surface area is 112 Å². The third-order valence-electron chi connectivity index (χ3n) is 2.93. The highest BCUT2D eigenvalue weighted by Crippen LogP contribution is 2.17. The Morgan fingerprint density at radius 3 is 2.67 bits per heavy atom. The normalized spacial score (nSPS) is 12.9. The molecule has 96 valence electrons. The molecule has 2 aromatic rings. The number of hydrogen-bond donors (Lipinski definition) is 1. The highest BCUT2D eigenvalue weighted by Gasteiger charge is 2.12. The Hall–Kier alpha value is -1.23. The number of aryl methyl sites for hydroxylation is 1. The van der Waals surface area contributed by atoms with Crippen molar-refractivity contribution in [2.75, 3.05) is 13.6 Å². The summed E-state index contributed by atoms with van der Waals surface area (Å²) < 4.78 is 0. The number of aliphatic hydroxyl groups is 1. The van der Waals surface area contributed by atoms with Gasteiger partial charge in [0.2, 0.25) is 0 Å². The van der Waals surface area contributed by atoms with Gasteiger partial charge >= 0.3 is 0 Å². The van der Waals surface area contributed by atoms with E-state index in [1.807, 2.05) is 49.8 Å². The van der Waals surface area contributed by atoms with Crippen LogP contribution in [0, 0.1) is 6.92 Å². The molecule has 0 fully saturated rings. The zero-order valence-electron chi connectivity index (χ0n) is 10.7. The van der Waals surface area contributed by atoms with E-state index in [4.69, 9.17) is 0 Å². The molecule has 1 heterocycles.